The van der Waals surface area contributed by atoms with E-state index in [4.69, 9.17) is 19.8 Å². The maximum Gasteiger partial charge on any atom is 0.492 e. The molecule has 1 atom stereocenters. The van der Waals surface area contributed by atoms with Crippen LogP contribution in [0.15, 0.2) is 12.1 Å². The summed E-state index contributed by atoms with van der Waals surface area (Å²) in [6.07, 6.45) is -0.925. The number of benzene rings is 1. The maximum atomic E-state index is 10.9. The van der Waals surface area contributed by atoms with Crippen molar-refractivity contribution >= 4 is 29.9 Å². The zero-order valence-corrected chi connectivity index (χ0v) is 12.7. The topological polar surface area (TPSA) is 126 Å². The number of nitrogens with zero attached hydrogens (tertiary/aromatic N) is 3. The molecule has 0 bridgehead atoms. The van der Waals surface area contributed by atoms with Crippen molar-refractivity contribution in [1.29, 1.82) is 5.26 Å². The van der Waals surface area contributed by atoms with Crippen LogP contribution < -0.4 is 10.2 Å². The Hall–Kier alpha value is -2.48. The van der Waals surface area contributed by atoms with Gasteiger partial charge in [-0.25, -0.2) is 0 Å². The van der Waals surface area contributed by atoms with Crippen molar-refractivity contribution in [2.45, 2.75) is 19.4 Å². The van der Waals surface area contributed by atoms with Crippen molar-refractivity contribution < 1.29 is 24.3 Å². The summed E-state index contributed by atoms with van der Waals surface area (Å²) in [6, 6.07) is 5.14. The molecule has 0 fully saturated rings. The second-order valence-corrected chi connectivity index (χ2v) is 5.85. The van der Waals surface area contributed by atoms with E-state index in [9.17, 15) is 9.82 Å². The van der Waals surface area contributed by atoms with Crippen LogP contribution in [-0.2, 0) is 9.45 Å². The van der Waals surface area contributed by atoms with Crippen LogP contribution in [0.2, 0.25) is 0 Å². The third-order valence-corrected chi connectivity index (χ3v) is 4.05. The molecule has 1 aliphatic heterocycles. The lowest BCUT2D eigenvalue weighted by molar-refractivity contribution is -0.138. The van der Waals surface area contributed by atoms with Crippen molar-refractivity contribution in [2.75, 3.05) is 0 Å². The average Bonchev–Trinajstić information content (AvgIpc) is 3.04. The number of aliphatic carboxylic acids is 1. The molecule has 10 heteroatoms. The van der Waals surface area contributed by atoms with E-state index in [-0.39, 0.29) is 16.6 Å². The number of hydrogen-bond donors (Lipinski definition) is 2. The van der Waals surface area contributed by atoms with Crippen LogP contribution in [0.4, 0.5) is 0 Å². The summed E-state index contributed by atoms with van der Waals surface area (Å²) in [5, 5.41) is 35.4. The van der Waals surface area contributed by atoms with Gasteiger partial charge in [0.05, 0.1) is 12.5 Å². The number of fused-ring (bicyclic) bond motifs is 1. The number of carboxylic acids is 1. The molecule has 0 spiro atoms. The number of carbonyl (C=O) groups is 1. The third kappa shape index (κ3) is 3.02. The molecule has 116 valence electrons. The smallest absolute Gasteiger partial charge is 0.481 e. The van der Waals surface area contributed by atoms with E-state index in [1.165, 1.54) is 0 Å². The van der Waals surface area contributed by atoms with E-state index in [1.807, 2.05) is 6.07 Å². The third-order valence-electron chi connectivity index (χ3n) is 3.34. The van der Waals surface area contributed by atoms with E-state index in [0.29, 0.717) is 16.8 Å². The second-order valence-electron chi connectivity index (χ2n) is 4.91. The lowest BCUT2D eigenvalue weighted by Gasteiger charge is -2.12. The first-order valence-corrected chi connectivity index (χ1v) is 7.41. The standard InChI is InChI=1S/C13H10BN3O5S/c1-6-2-7(21-13-17-16-10(5-15)23-13)3-8-12(6)9(4-11(18)19)22-14(8)20/h2-3,9,20H,4H2,1H3,(H,18,19). The molecule has 8 nitrogen and oxygen atoms in total. The van der Waals surface area contributed by atoms with Gasteiger partial charge in [0.2, 0.25) is 5.01 Å². The summed E-state index contributed by atoms with van der Waals surface area (Å²) in [5.41, 5.74) is 1.86. The van der Waals surface area contributed by atoms with Crippen molar-refractivity contribution in [3.05, 3.63) is 28.3 Å². The number of ether oxygens (including phenoxy) is 1. The van der Waals surface area contributed by atoms with Crippen LogP contribution >= 0.6 is 11.3 Å². The zero-order valence-electron chi connectivity index (χ0n) is 11.9. The Bertz CT molecular complexity index is 818. The quantitative estimate of drug-likeness (QED) is 0.786. The van der Waals surface area contributed by atoms with E-state index >= 15 is 0 Å². The first-order valence-electron chi connectivity index (χ1n) is 6.59. The number of hydrogen-bond acceptors (Lipinski definition) is 8. The zero-order chi connectivity index (χ0) is 16.6. The molecular weight excluding hydrogens is 321 g/mol. The van der Waals surface area contributed by atoms with Crippen LogP contribution in [0.25, 0.3) is 0 Å². The highest BCUT2D eigenvalue weighted by Crippen LogP contribution is 2.33. The van der Waals surface area contributed by atoms with E-state index in [2.05, 4.69) is 10.2 Å². The fourth-order valence-electron chi connectivity index (χ4n) is 2.50. The summed E-state index contributed by atoms with van der Waals surface area (Å²) in [4.78, 5) is 10.9. The minimum Gasteiger partial charge on any atom is -0.481 e. The molecule has 1 unspecified atom stereocenters. The Kier molecular flexibility index (Phi) is 4.00. The molecule has 1 aliphatic rings. The van der Waals surface area contributed by atoms with Crippen LogP contribution in [0.3, 0.4) is 0 Å². The second kappa shape index (κ2) is 5.96. The van der Waals surface area contributed by atoms with Crippen LogP contribution in [0.1, 0.15) is 28.7 Å². The number of aryl methyl sites for hydroxylation is 1. The van der Waals surface area contributed by atoms with E-state index < -0.39 is 19.2 Å². The molecule has 0 amide bonds. The lowest BCUT2D eigenvalue weighted by Crippen LogP contribution is -2.28. The van der Waals surface area contributed by atoms with Gasteiger partial charge in [0.25, 0.3) is 0 Å². The first kappa shape index (κ1) is 15.4. The Morgan fingerprint density at radius 2 is 2.35 bits per heavy atom. The highest BCUT2D eigenvalue weighted by molar-refractivity contribution is 7.13. The Morgan fingerprint density at radius 3 is 3.00 bits per heavy atom. The highest BCUT2D eigenvalue weighted by Gasteiger charge is 2.37. The normalized spacial score (nSPS) is 16.0. The molecule has 0 saturated carbocycles. The average molecular weight is 331 g/mol. The van der Waals surface area contributed by atoms with Gasteiger partial charge in [-0.05, 0) is 47.0 Å². The molecule has 23 heavy (non-hydrogen) atoms. The van der Waals surface area contributed by atoms with E-state index in [0.717, 1.165) is 16.9 Å². The molecule has 0 aliphatic carbocycles. The summed E-state index contributed by atoms with van der Waals surface area (Å²) < 4.78 is 10.8. The van der Waals surface area contributed by atoms with Crippen molar-refractivity contribution in [1.82, 2.24) is 10.2 Å². The van der Waals surface area contributed by atoms with Crippen molar-refractivity contribution in [2.24, 2.45) is 0 Å². The predicted molar refractivity (Wildman–Crippen MR) is 79.6 cm³/mol. The van der Waals surface area contributed by atoms with Gasteiger partial charge < -0.3 is 19.5 Å². The number of carboxylic acid groups (broad SMARTS) is 1. The minimum atomic E-state index is -1.21. The predicted octanol–water partition coefficient (Wildman–Crippen LogP) is 0.744. The molecule has 0 radical (unpaired) electrons. The van der Waals surface area contributed by atoms with Gasteiger partial charge in [0.1, 0.15) is 11.8 Å². The van der Waals surface area contributed by atoms with Crippen LogP contribution in [-0.4, -0.2) is 33.4 Å². The largest absolute Gasteiger partial charge is 0.492 e. The molecule has 2 heterocycles. The Labute approximate surface area is 135 Å². The summed E-state index contributed by atoms with van der Waals surface area (Å²) >= 11 is 1.000. The van der Waals surface area contributed by atoms with Crippen molar-refractivity contribution in [3.63, 3.8) is 0 Å². The first-order chi connectivity index (χ1) is 11.0. The molecular formula is C13H10BN3O5S. The number of rotatable bonds is 4. The van der Waals surface area contributed by atoms with Gasteiger partial charge in [-0.1, -0.05) is 5.10 Å². The fourth-order valence-corrected chi connectivity index (χ4v) is 3.01. The lowest BCUT2D eigenvalue weighted by atomic mass is 9.77. The summed E-state index contributed by atoms with van der Waals surface area (Å²) in [7, 11) is -1.21. The van der Waals surface area contributed by atoms with Gasteiger partial charge >= 0.3 is 18.3 Å². The maximum absolute atomic E-state index is 10.9. The SMILES string of the molecule is Cc1cc(Oc2nnc(C#N)s2)cc2c1C(CC(=O)O)OB2O. The van der Waals surface area contributed by atoms with Gasteiger partial charge in [0, 0.05) is 0 Å². The molecule has 1 aromatic heterocycles. The summed E-state index contributed by atoms with van der Waals surface area (Å²) in [6.45, 7) is 1.78. The van der Waals surface area contributed by atoms with Gasteiger partial charge in [-0.15, -0.1) is 5.10 Å². The minimum absolute atomic E-state index is 0.183. The molecule has 2 N–H and O–H groups in total. The molecule has 1 aromatic carbocycles. The Balaban J connectivity index is 1.91. The summed E-state index contributed by atoms with van der Waals surface area (Å²) in [5.74, 6) is -0.604. The highest BCUT2D eigenvalue weighted by atomic mass is 32.1. The van der Waals surface area contributed by atoms with E-state index in [1.54, 1.807) is 19.1 Å². The monoisotopic (exact) mass is 331 g/mol. The fraction of sp³-hybridized carbons (Fsp3) is 0.231. The molecule has 0 saturated heterocycles. The Morgan fingerprint density at radius 1 is 1.57 bits per heavy atom. The molecule has 3 rings (SSSR count). The van der Waals surface area contributed by atoms with Crippen LogP contribution in [0, 0.1) is 18.3 Å². The van der Waals surface area contributed by atoms with Crippen molar-refractivity contribution in [3.8, 4) is 17.0 Å². The number of nitriles is 1. The molecule has 2 aromatic rings. The van der Waals surface area contributed by atoms with Gasteiger partial charge in [0.15, 0.2) is 0 Å². The van der Waals surface area contributed by atoms with Crippen LogP contribution in [0.5, 0.6) is 10.9 Å². The van der Waals surface area contributed by atoms with Gasteiger partial charge in [-0.3, -0.25) is 4.79 Å². The van der Waals surface area contributed by atoms with Gasteiger partial charge in [-0.2, -0.15) is 5.26 Å². The number of aromatic nitrogens is 2.